The van der Waals surface area contributed by atoms with Gasteiger partial charge >= 0.3 is 0 Å². The number of likely N-dealkylation sites (tertiary alicyclic amines) is 1. The number of rotatable bonds is 2. The fourth-order valence-corrected chi connectivity index (χ4v) is 2.45. The Kier molecular flexibility index (Phi) is 3.34. The maximum Gasteiger partial charge on any atom is 0.119 e. The van der Waals surface area contributed by atoms with Crippen molar-refractivity contribution in [1.82, 2.24) is 4.90 Å². The first-order chi connectivity index (χ1) is 7.70. The summed E-state index contributed by atoms with van der Waals surface area (Å²) in [6, 6.07) is 5.95. The zero-order valence-electron chi connectivity index (χ0n) is 10.1. The molecule has 1 unspecified atom stereocenters. The molecule has 2 rings (SSSR count). The number of benzene rings is 1. The van der Waals surface area contributed by atoms with E-state index in [4.69, 9.17) is 10.5 Å². The number of anilines is 1. The van der Waals surface area contributed by atoms with E-state index >= 15 is 0 Å². The number of nitrogens with two attached hydrogens (primary N) is 1. The topological polar surface area (TPSA) is 38.5 Å². The molecule has 3 heteroatoms. The van der Waals surface area contributed by atoms with Crippen LogP contribution in [0.15, 0.2) is 18.2 Å². The van der Waals surface area contributed by atoms with E-state index in [0.29, 0.717) is 5.92 Å². The van der Waals surface area contributed by atoms with Gasteiger partial charge in [0.25, 0.3) is 0 Å². The highest BCUT2D eigenvalue weighted by molar-refractivity contribution is 5.52. The zero-order chi connectivity index (χ0) is 11.5. The molecule has 1 atom stereocenters. The van der Waals surface area contributed by atoms with Crippen LogP contribution in [-0.4, -0.2) is 32.1 Å². The third kappa shape index (κ3) is 2.30. The molecule has 88 valence electrons. The molecule has 2 N–H and O–H groups in total. The monoisotopic (exact) mass is 220 g/mol. The zero-order valence-corrected chi connectivity index (χ0v) is 10.1. The van der Waals surface area contributed by atoms with Crippen LogP contribution in [0, 0.1) is 0 Å². The van der Waals surface area contributed by atoms with Gasteiger partial charge in [0.2, 0.25) is 0 Å². The summed E-state index contributed by atoms with van der Waals surface area (Å²) >= 11 is 0. The molecule has 0 saturated carbocycles. The van der Waals surface area contributed by atoms with Crippen molar-refractivity contribution >= 4 is 5.69 Å². The van der Waals surface area contributed by atoms with Crippen LogP contribution in [0.3, 0.4) is 0 Å². The van der Waals surface area contributed by atoms with Crippen LogP contribution in [0.2, 0.25) is 0 Å². The molecule has 1 aliphatic heterocycles. The molecule has 0 bridgehead atoms. The first-order valence-electron chi connectivity index (χ1n) is 5.82. The van der Waals surface area contributed by atoms with Crippen LogP contribution >= 0.6 is 0 Å². The molecule has 16 heavy (non-hydrogen) atoms. The summed E-state index contributed by atoms with van der Waals surface area (Å²) < 4.78 is 5.26. The molecular formula is C13H20N2O. The molecule has 1 aromatic rings. The van der Waals surface area contributed by atoms with Crippen LogP contribution < -0.4 is 10.5 Å². The molecule has 1 heterocycles. The molecule has 1 aromatic carbocycles. The van der Waals surface area contributed by atoms with Crippen molar-refractivity contribution in [2.45, 2.75) is 18.8 Å². The maximum absolute atomic E-state index is 6.05. The van der Waals surface area contributed by atoms with E-state index in [-0.39, 0.29) is 0 Å². The third-order valence-electron chi connectivity index (χ3n) is 3.36. The van der Waals surface area contributed by atoms with Crippen molar-refractivity contribution < 1.29 is 4.74 Å². The highest BCUT2D eigenvalue weighted by Gasteiger charge is 2.20. The summed E-state index contributed by atoms with van der Waals surface area (Å²) in [6.45, 7) is 2.29. The minimum Gasteiger partial charge on any atom is -0.497 e. The van der Waals surface area contributed by atoms with Gasteiger partial charge in [-0.1, -0.05) is 0 Å². The first-order valence-corrected chi connectivity index (χ1v) is 5.82. The molecule has 0 spiro atoms. The number of likely N-dealkylation sites (N-methyl/N-ethyl adjacent to an activating group) is 1. The Hall–Kier alpha value is -1.22. The second-order valence-corrected chi connectivity index (χ2v) is 4.60. The van der Waals surface area contributed by atoms with Crippen molar-refractivity contribution in [2.24, 2.45) is 0 Å². The molecule has 0 amide bonds. The average Bonchev–Trinajstić information content (AvgIpc) is 2.30. The number of methoxy groups -OCH3 is 1. The number of nitrogen functional groups attached to an aromatic ring is 1. The Balaban J connectivity index is 2.24. The van der Waals surface area contributed by atoms with Gasteiger partial charge in [-0.3, -0.25) is 0 Å². The van der Waals surface area contributed by atoms with Gasteiger partial charge in [-0.2, -0.15) is 0 Å². The summed E-state index contributed by atoms with van der Waals surface area (Å²) in [5.41, 5.74) is 8.18. The first kappa shape index (κ1) is 11.3. The van der Waals surface area contributed by atoms with Gasteiger partial charge in [0, 0.05) is 12.2 Å². The average molecular weight is 220 g/mol. The lowest BCUT2D eigenvalue weighted by atomic mass is 9.89. The van der Waals surface area contributed by atoms with Gasteiger partial charge in [0.1, 0.15) is 5.75 Å². The smallest absolute Gasteiger partial charge is 0.119 e. The van der Waals surface area contributed by atoms with E-state index < -0.39 is 0 Å². The Morgan fingerprint density at radius 1 is 1.44 bits per heavy atom. The molecule has 1 saturated heterocycles. The number of ether oxygens (including phenoxy) is 1. The Bertz CT molecular complexity index is 365. The van der Waals surface area contributed by atoms with Crippen molar-refractivity contribution in [3.8, 4) is 5.75 Å². The molecule has 0 aromatic heterocycles. The number of hydrogen-bond donors (Lipinski definition) is 1. The number of hydrogen-bond acceptors (Lipinski definition) is 3. The van der Waals surface area contributed by atoms with E-state index in [1.165, 1.54) is 24.9 Å². The molecule has 0 aliphatic carbocycles. The minimum absolute atomic E-state index is 0.550. The van der Waals surface area contributed by atoms with Gasteiger partial charge in [0.15, 0.2) is 0 Å². The van der Waals surface area contributed by atoms with Crippen LogP contribution in [0.25, 0.3) is 0 Å². The predicted molar refractivity (Wildman–Crippen MR) is 66.9 cm³/mol. The highest BCUT2D eigenvalue weighted by atomic mass is 16.5. The van der Waals surface area contributed by atoms with E-state index in [2.05, 4.69) is 18.0 Å². The van der Waals surface area contributed by atoms with E-state index in [0.717, 1.165) is 18.0 Å². The minimum atomic E-state index is 0.550. The lowest BCUT2D eigenvalue weighted by Gasteiger charge is -2.30. The Labute approximate surface area is 97.2 Å². The SMILES string of the molecule is COc1ccc(N)c(C2CCCN(C)C2)c1. The van der Waals surface area contributed by atoms with Gasteiger partial charge < -0.3 is 15.4 Å². The van der Waals surface area contributed by atoms with E-state index in [9.17, 15) is 0 Å². The second kappa shape index (κ2) is 4.74. The molecular weight excluding hydrogens is 200 g/mol. The largest absolute Gasteiger partial charge is 0.497 e. The van der Waals surface area contributed by atoms with Crippen molar-refractivity contribution in [3.05, 3.63) is 23.8 Å². The van der Waals surface area contributed by atoms with Crippen molar-refractivity contribution in [3.63, 3.8) is 0 Å². The Morgan fingerprint density at radius 3 is 2.94 bits per heavy atom. The summed E-state index contributed by atoms with van der Waals surface area (Å²) in [7, 11) is 3.87. The lowest BCUT2D eigenvalue weighted by molar-refractivity contribution is 0.251. The van der Waals surface area contributed by atoms with Crippen molar-refractivity contribution in [1.29, 1.82) is 0 Å². The van der Waals surface area contributed by atoms with Gasteiger partial charge in [0.05, 0.1) is 7.11 Å². The summed E-state index contributed by atoms with van der Waals surface area (Å²) in [5, 5.41) is 0. The van der Waals surface area contributed by atoms with Gasteiger partial charge in [-0.05, 0) is 56.1 Å². The fraction of sp³-hybridized carbons (Fsp3) is 0.538. The molecule has 3 nitrogen and oxygen atoms in total. The maximum atomic E-state index is 6.05. The highest BCUT2D eigenvalue weighted by Crippen LogP contribution is 2.32. The normalized spacial score (nSPS) is 22.0. The summed E-state index contributed by atoms with van der Waals surface area (Å²) in [6.07, 6.45) is 2.47. The van der Waals surface area contributed by atoms with Crippen molar-refractivity contribution in [2.75, 3.05) is 33.0 Å². The number of piperidine rings is 1. The third-order valence-corrected chi connectivity index (χ3v) is 3.36. The molecule has 1 aliphatic rings. The predicted octanol–water partition coefficient (Wildman–Crippen LogP) is 2.09. The van der Waals surface area contributed by atoms with Gasteiger partial charge in [-0.15, -0.1) is 0 Å². The van der Waals surface area contributed by atoms with E-state index in [1.54, 1.807) is 7.11 Å². The molecule has 1 fully saturated rings. The standard InChI is InChI=1S/C13H20N2O/c1-15-7-3-4-10(9-15)12-8-11(16-2)5-6-13(12)14/h5-6,8,10H,3-4,7,9,14H2,1-2H3. The van der Waals surface area contributed by atoms with Crippen LogP contribution in [-0.2, 0) is 0 Å². The van der Waals surface area contributed by atoms with E-state index in [1.807, 2.05) is 12.1 Å². The summed E-state index contributed by atoms with van der Waals surface area (Å²) in [5.74, 6) is 1.45. The lowest BCUT2D eigenvalue weighted by Crippen LogP contribution is -2.31. The number of nitrogens with zero attached hydrogens (tertiary/aromatic N) is 1. The second-order valence-electron chi connectivity index (χ2n) is 4.60. The summed E-state index contributed by atoms with van der Waals surface area (Å²) in [4.78, 5) is 2.37. The quantitative estimate of drug-likeness (QED) is 0.776. The van der Waals surface area contributed by atoms with Gasteiger partial charge in [-0.25, -0.2) is 0 Å². The van der Waals surface area contributed by atoms with Crippen LogP contribution in [0.4, 0.5) is 5.69 Å². The van der Waals surface area contributed by atoms with Crippen LogP contribution in [0.1, 0.15) is 24.3 Å². The Morgan fingerprint density at radius 2 is 2.25 bits per heavy atom. The van der Waals surface area contributed by atoms with Crippen LogP contribution in [0.5, 0.6) is 5.75 Å². The fourth-order valence-electron chi connectivity index (χ4n) is 2.45. The molecule has 0 radical (unpaired) electrons.